The van der Waals surface area contributed by atoms with Gasteiger partial charge in [0.05, 0.1) is 11.3 Å². The monoisotopic (exact) mass is 391 g/mol. The van der Waals surface area contributed by atoms with Gasteiger partial charge in [-0.05, 0) is 29.8 Å². The van der Waals surface area contributed by atoms with Gasteiger partial charge in [-0.25, -0.2) is 0 Å². The van der Waals surface area contributed by atoms with Gasteiger partial charge >= 0.3 is 0 Å². The number of halogens is 1. The number of hydrogen-bond donors (Lipinski definition) is 1. The Morgan fingerprint density at radius 2 is 1.70 bits per heavy atom. The molecule has 0 unspecified atom stereocenters. The Morgan fingerprint density at radius 1 is 1.11 bits per heavy atom. The average Bonchev–Trinajstić information content (AvgIpc) is 2.64. The predicted octanol–water partition coefficient (Wildman–Crippen LogP) is 3.21. The molecule has 3 rings (SSSR count). The Hall–Kier alpha value is -2.80. The lowest BCUT2D eigenvalue weighted by Crippen LogP contribution is -2.42. The third-order valence-corrected chi connectivity index (χ3v) is 4.48. The highest BCUT2D eigenvalue weighted by atomic mass is 35.5. The molecule has 0 radical (unpaired) electrons. The minimum Gasteiger partial charge on any atom is -0.490 e. The van der Waals surface area contributed by atoms with Gasteiger partial charge in [0, 0.05) is 43.8 Å². The van der Waals surface area contributed by atoms with Crippen LogP contribution in [0.1, 0.15) is 18.4 Å². The van der Waals surface area contributed by atoms with Crippen molar-refractivity contribution in [1.82, 2.24) is 4.90 Å². The summed E-state index contributed by atoms with van der Waals surface area (Å²) in [6.07, 6.45) is 1.86. The zero-order valence-corrected chi connectivity index (χ0v) is 15.6. The summed E-state index contributed by atoms with van der Waals surface area (Å²) in [5.74, 6) is 0.714. The fraction of sp³-hybridized carbons (Fsp3) is 0.316. The molecule has 1 aliphatic heterocycles. The number of likely N-dealkylation sites (tertiary alicyclic amines) is 1. The summed E-state index contributed by atoms with van der Waals surface area (Å²) in [6, 6.07) is 13.4. The number of nitrogen functional groups attached to an aromatic ring is 1. The van der Waals surface area contributed by atoms with Gasteiger partial charge < -0.3 is 15.4 Å². The summed E-state index contributed by atoms with van der Waals surface area (Å²) < 4.78 is 5.88. The maximum Gasteiger partial charge on any atom is 0.269 e. The van der Waals surface area contributed by atoms with Crippen LogP contribution in [0, 0.1) is 10.1 Å². The number of piperidine rings is 1. The molecule has 1 heterocycles. The van der Waals surface area contributed by atoms with Crippen molar-refractivity contribution in [2.45, 2.75) is 25.4 Å². The topological polar surface area (TPSA) is 98.7 Å². The molecule has 0 spiro atoms. The Bertz CT molecular complexity index is 773. The van der Waals surface area contributed by atoms with Crippen LogP contribution in [0.4, 0.5) is 11.4 Å². The molecular weight excluding hydrogens is 370 g/mol. The maximum atomic E-state index is 12.4. The van der Waals surface area contributed by atoms with Crippen LogP contribution in [-0.4, -0.2) is 34.9 Å². The SMILES string of the molecule is Cl.Nc1ccc(CC(=O)N2CCC(Oc3ccc([N+](=O)[O-])cc3)CC2)cc1. The molecule has 144 valence electrons. The van der Waals surface area contributed by atoms with E-state index >= 15 is 0 Å². The van der Waals surface area contributed by atoms with E-state index in [0.717, 1.165) is 18.4 Å². The van der Waals surface area contributed by atoms with Crippen molar-refractivity contribution in [3.63, 3.8) is 0 Å². The van der Waals surface area contributed by atoms with Crippen molar-refractivity contribution in [1.29, 1.82) is 0 Å². The Morgan fingerprint density at radius 3 is 2.26 bits per heavy atom. The van der Waals surface area contributed by atoms with E-state index < -0.39 is 4.92 Å². The lowest BCUT2D eigenvalue weighted by Gasteiger charge is -2.32. The minimum atomic E-state index is -0.436. The fourth-order valence-corrected chi connectivity index (χ4v) is 2.98. The molecule has 2 aromatic rings. The number of nitro groups is 1. The van der Waals surface area contributed by atoms with Gasteiger partial charge in [-0.3, -0.25) is 14.9 Å². The summed E-state index contributed by atoms with van der Waals surface area (Å²) in [4.78, 5) is 24.5. The highest BCUT2D eigenvalue weighted by Crippen LogP contribution is 2.22. The number of carbonyl (C=O) groups excluding carboxylic acids is 1. The Balaban J connectivity index is 0.00000261. The van der Waals surface area contributed by atoms with Crippen molar-refractivity contribution in [2.75, 3.05) is 18.8 Å². The summed E-state index contributed by atoms with van der Waals surface area (Å²) >= 11 is 0. The van der Waals surface area contributed by atoms with Crippen molar-refractivity contribution in [2.24, 2.45) is 0 Å². The van der Waals surface area contributed by atoms with Crippen LogP contribution in [0.5, 0.6) is 5.75 Å². The summed E-state index contributed by atoms with van der Waals surface area (Å²) in [5.41, 5.74) is 7.34. The molecule has 8 heteroatoms. The van der Waals surface area contributed by atoms with E-state index in [1.807, 2.05) is 17.0 Å². The molecule has 0 bridgehead atoms. The highest BCUT2D eigenvalue weighted by molar-refractivity contribution is 5.85. The number of amides is 1. The Labute approximate surface area is 163 Å². The largest absolute Gasteiger partial charge is 0.490 e. The summed E-state index contributed by atoms with van der Waals surface area (Å²) in [7, 11) is 0. The quantitative estimate of drug-likeness (QED) is 0.479. The van der Waals surface area contributed by atoms with Crippen LogP contribution in [-0.2, 0) is 11.2 Å². The molecule has 1 saturated heterocycles. The number of carbonyl (C=O) groups is 1. The van der Waals surface area contributed by atoms with Crippen molar-refractivity contribution >= 4 is 29.7 Å². The molecule has 1 amide bonds. The van der Waals surface area contributed by atoms with Gasteiger partial charge in [0.1, 0.15) is 11.9 Å². The number of ether oxygens (including phenoxy) is 1. The molecule has 1 aliphatic rings. The molecule has 2 N–H and O–H groups in total. The van der Waals surface area contributed by atoms with Gasteiger partial charge in [-0.1, -0.05) is 12.1 Å². The van der Waals surface area contributed by atoms with E-state index in [1.165, 1.54) is 12.1 Å². The van der Waals surface area contributed by atoms with Crippen LogP contribution >= 0.6 is 12.4 Å². The van der Waals surface area contributed by atoms with Crippen LogP contribution < -0.4 is 10.5 Å². The van der Waals surface area contributed by atoms with Crippen molar-refractivity contribution < 1.29 is 14.5 Å². The molecule has 1 fully saturated rings. The van der Waals surface area contributed by atoms with Crippen molar-refractivity contribution in [3.05, 3.63) is 64.2 Å². The van der Waals surface area contributed by atoms with Crippen molar-refractivity contribution in [3.8, 4) is 5.75 Å². The molecular formula is C19H22ClN3O4. The van der Waals surface area contributed by atoms with E-state index in [4.69, 9.17) is 10.5 Å². The molecule has 2 aromatic carbocycles. The fourth-order valence-electron chi connectivity index (χ4n) is 2.98. The zero-order valence-electron chi connectivity index (χ0n) is 14.7. The molecule has 0 saturated carbocycles. The van der Waals surface area contributed by atoms with E-state index in [2.05, 4.69) is 0 Å². The number of nitrogens with two attached hydrogens (primary N) is 1. The Kier molecular flexibility index (Phi) is 7.01. The van der Waals surface area contributed by atoms with E-state index in [9.17, 15) is 14.9 Å². The molecule has 27 heavy (non-hydrogen) atoms. The normalized spacial score (nSPS) is 14.3. The molecule has 0 aromatic heterocycles. The standard InChI is InChI=1S/C19H21N3O4.ClH/c20-15-3-1-14(2-4-15)13-19(23)21-11-9-18(10-12-21)26-17-7-5-16(6-8-17)22(24)25;/h1-8,18H,9-13,20H2;1H. The molecule has 0 atom stereocenters. The van der Waals surface area contributed by atoms with Crippen LogP contribution in [0.2, 0.25) is 0 Å². The van der Waals surface area contributed by atoms with Gasteiger partial charge in [0.15, 0.2) is 0 Å². The second kappa shape index (κ2) is 9.23. The summed E-state index contributed by atoms with van der Waals surface area (Å²) in [6.45, 7) is 1.29. The second-order valence-corrected chi connectivity index (χ2v) is 6.37. The van der Waals surface area contributed by atoms with Crippen LogP contribution in [0.3, 0.4) is 0 Å². The van der Waals surface area contributed by atoms with E-state index in [0.29, 0.717) is 30.9 Å². The number of nitro benzene ring substituents is 1. The average molecular weight is 392 g/mol. The number of non-ortho nitro benzene ring substituents is 1. The first kappa shape index (κ1) is 20.5. The summed E-state index contributed by atoms with van der Waals surface area (Å²) in [5, 5.41) is 10.7. The van der Waals surface area contributed by atoms with Crippen LogP contribution in [0.25, 0.3) is 0 Å². The van der Waals surface area contributed by atoms with E-state index in [1.54, 1.807) is 24.3 Å². The number of benzene rings is 2. The second-order valence-electron chi connectivity index (χ2n) is 6.37. The lowest BCUT2D eigenvalue weighted by molar-refractivity contribution is -0.384. The zero-order chi connectivity index (χ0) is 18.5. The third-order valence-electron chi connectivity index (χ3n) is 4.48. The number of anilines is 1. The van der Waals surface area contributed by atoms with E-state index in [-0.39, 0.29) is 30.1 Å². The highest BCUT2D eigenvalue weighted by Gasteiger charge is 2.24. The van der Waals surface area contributed by atoms with Gasteiger partial charge in [0.2, 0.25) is 5.91 Å². The predicted molar refractivity (Wildman–Crippen MR) is 105 cm³/mol. The van der Waals surface area contributed by atoms with Gasteiger partial charge in [0.25, 0.3) is 5.69 Å². The van der Waals surface area contributed by atoms with Gasteiger partial charge in [-0.2, -0.15) is 0 Å². The molecule has 0 aliphatic carbocycles. The minimum absolute atomic E-state index is 0. The van der Waals surface area contributed by atoms with Crippen LogP contribution in [0.15, 0.2) is 48.5 Å². The first-order chi connectivity index (χ1) is 12.5. The first-order valence-corrected chi connectivity index (χ1v) is 8.54. The number of hydrogen-bond acceptors (Lipinski definition) is 5. The number of rotatable bonds is 5. The molecule has 7 nitrogen and oxygen atoms in total. The smallest absolute Gasteiger partial charge is 0.269 e. The first-order valence-electron chi connectivity index (χ1n) is 8.54. The lowest BCUT2D eigenvalue weighted by atomic mass is 10.1. The third kappa shape index (κ3) is 5.59. The van der Waals surface area contributed by atoms with Gasteiger partial charge in [-0.15, -0.1) is 12.4 Å². The maximum absolute atomic E-state index is 12.4. The number of nitrogens with zero attached hydrogens (tertiary/aromatic N) is 2.